The van der Waals surface area contributed by atoms with Crippen molar-refractivity contribution in [2.45, 2.75) is 74.9 Å². The van der Waals surface area contributed by atoms with Crippen LogP contribution in [0.1, 0.15) is 62.8 Å². The van der Waals surface area contributed by atoms with Crippen molar-refractivity contribution in [2.75, 3.05) is 37.7 Å². The first-order chi connectivity index (χ1) is 18.7. The molecule has 1 saturated carbocycles. The Labute approximate surface area is 222 Å². The quantitative estimate of drug-likeness (QED) is 0.513. The van der Waals surface area contributed by atoms with Gasteiger partial charge in [0.15, 0.2) is 5.82 Å². The summed E-state index contributed by atoms with van der Waals surface area (Å²) in [6.07, 6.45) is 11.1. The maximum Gasteiger partial charge on any atom is 0.319 e. The predicted molar refractivity (Wildman–Crippen MR) is 145 cm³/mol. The van der Waals surface area contributed by atoms with Crippen molar-refractivity contribution in [1.82, 2.24) is 25.2 Å². The van der Waals surface area contributed by atoms with Crippen LogP contribution in [0.5, 0.6) is 6.01 Å². The smallest absolute Gasteiger partial charge is 0.319 e. The highest BCUT2D eigenvalue weighted by Crippen LogP contribution is 2.45. The summed E-state index contributed by atoms with van der Waals surface area (Å²) in [7, 11) is 0. The minimum absolute atomic E-state index is 0.0811. The van der Waals surface area contributed by atoms with E-state index in [0.717, 1.165) is 63.2 Å². The SMILES string of the molecule is Fc1c(-c2ccccc2C2CC2)ncc2c(N3CC4CCC(C3)N4)nc(OCC34CCCN3CCC4)nc12. The lowest BCUT2D eigenvalue weighted by atomic mass is 9.95. The number of ether oxygens (including phenoxy) is 1. The molecule has 0 amide bonds. The Morgan fingerprint density at radius 1 is 1.00 bits per heavy atom. The van der Waals surface area contributed by atoms with Crippen LogP contribution in [-0.4, -0.2) is 70.3 Å². The first-order valence-corrected chi connectivity index (χ1v) is 14.5. The maximum absolute atomic E-state index is 16.4. The molecule has 8 rings (SSSR count). The molecule has 0 radical (unpaired) electrons. The third-order valence-electron chi connectivity index (χ3n) is 9.67. The van der Waals surface area contributed by atoms with Gasteiger partial charge in [-0.05, 0) is 75.9 Å². The van der Waals surface area contributed by atoms with Gasteiger partial charge in [-0.15, -0.1) is 0 Å². The second kappa shape index (κ2) is 8.85. The molecular weight excluding hydrogens is 479 g/mol. The molecule has 8 heteroatoms. The first kappa shape index (κ1) is 23.1. The largest absolute Gasteiger partial charge is 0.461 e. The van der Waals surface area contributed by atoms with Crippen LogP contribution in [-0.2, 0) is 0 Å². The summed E-state index contributed by atoms with van der Waals surface area (Å²) >= 11 is 0. The van der Waals surface area contributed by atoms with Crippen molar-refractivity contribution in [3.05, 3.63) is 41.8 Å². The second-order valence-electron chi connectivity index (χ2n) is 12.1. The molecule has 5 aliphatic rings. The van der Waals surface area contributed by atoms with Crippen molar-refractivity contribution >= 4 is 16.7 Å². The average molecular weight is 515 g/mol. The maximum atomic E-state index is 16.4. The molecule has 4 saturated heterocycles. The van der Waals surface area contributed by atoms with Gasteiger partial charge >= 0.3 is 6.01 Å². The van der Waals surface area contributed by atoms with Gasteiger partial charge < -0.3 is 15.0 Å². The molecule has 3 aromatic rings. The molecule has 2 unspecified atom stereocenters. The highest BCUT2D eigenvalue weighted by atomic mass is 19.1. The number of hydrogen-bond donors (Lipinski definition) is 1. The number of anilines is 1. The highest BCUT2D eigenvalue weighted by Gasteiger charge is 2.45. The van der Waals surface area contributed by atoms with E-state index in [9.17, 15) is 0 Å². The third kappa shape index (κ3) is 3.79. The van der Waals surface area contributed by atoms with Gasteiger partial charge in [-0.2, -0.15) is 9.97 Å². The van der Waals surface area contributed by atoms with Gasteiger partial charge in [0.05, 0.1) is 10.9 Å². The van der Waals surface area contributed by atoms with E-state index >= 15 is 4.39 Å². The number of piperazine rings is 1. The van der Waals surface area contributed by atoms with Gasteiger partial charge in [0.25, 0.3) is 0 Å². The minimum atomic E-state index is -0.372. The van der Waals surface area contributed by atoms with Crippen LogP contribution in [0.4, 0.5) is 10.2 Å². The summed E-state index contributed by atoms with van der Waals surface area (Å²) in [5, 5.41) is 4.36. The summed E-state index contributed by atoms with van der Waals surface area (Å²) in [6.45, 7) is 4.55. The molecule has 2 atom stereocenters. The molecule has 2 bridgehead atoms. The fraction of sp³-hybridized carbons (Fsp3) is 0.567. The van der Waals surface area contributed by atoms with Gasteiger partial charge in [0, 0.05) is 36.9 Å². The summed E-state index contributed by atoms with van der Waals surface area (Å²) in [4.78, 5) is 19.2. The number of fused-ring (bicyclic) bond motifs is 4. The van der Waals surface area contributed by atoms with Crippen molar-refractivity contribution in [3.8, 4) is 17.3 Å². The first-order valence-electron chi connectivity index (χ1n) is 14.5. The predicted octanol–water partition coefficient (Wildman–Crippen LogP) is 4.66. The number of pyridine rings is 1. The van der Waals surface area contributed by atoms with Crippen molar-refractivity contribution in [1.29, 1.82) is 0 Å². The van der Waals surface area contributed by atoms with Gasteiger partial charge in [-0.25, -0.2) is 4.39 Å². The van der Waals surface area contributed by atoms with Gasteiger partial charge in [-0.3, -0.25) is 9.88 Å². The summed E-state index contributed by atoms with van der Waals surface area (Å²) in [5.41, 5.74) is 2.84. The van der Waals surface area contributed by atoms with Gasteiger partial charge in [0.2, 0.25) is 0 Å². The van der Waals surface area contributed by atoms with Crippen LogP contribution >= 0.6 is 0 Å². The number of rotatable bonds is 6. The molecule has 6 heterocycles. The fourth-order valence-electron chi connectivity index (χ4n) is 7.61. The lowest BCUT2D eigenvalue weighted by Gasteiger charge is -2.34. The van der Waals surface area contributed by atoms with Crippen LogP contribution < -0.4 is 15.0 Å². The summed E-state index contributed by atoms with van der Waals surface area (Å²) in [5.74, 6) is 0.882. The molecule has 38 heavy (non-hydrogen) atoms. The van der Waals surface area contributed by atoms with E-state index in [1.807, 2.05) is 18.2 Å². The number of nitrogens with one attached hydrogen (secondary N) is 1. The molecule has 1 N–H and O–H groups in total. The van der Waals surface area contributed by atoms with Gasteiger partial charge in [0.1, 0.15) is 23.6 Å². The number of hydrogen-bond acceptors (Lipinski definition) is 7. The molecule has 7 nitrogen and oxygen atoms in total. The number of aromatic nitrogens is 3. The Morgan fingerprint density at radius 2 is 1.76 bits per heavy atom. The third-order valence-corrected chi connectivity index (χ3v) is 9.67. The molecule has 0 spiro atoms. The minimum Gasteiger partial charge on any atom is -0.461 e. The zero-order chi connectivity index (χ0) is 25.3. The number of halogens is 1. The van der Waals surface area contributed by atoms with Crippen LogP contribution in [0.2, 0.25) is 0 Å². The number of nitrogens with zero attached hydrogens (tertiary/aromatic N) is 5. The Morgan fingerprint density at radius 3 is 2.53 bits per heavy atom. The Kier molecular flexibility index (Phi) is 5.37. The van der Waals surface area contributed by atoms with Crippen LogP contribution in [0, 0.1) is 5.82 Å². The van der Waals surface area contributed by atoms with E-state index in [-0.39, 0.29) is 17.4 Å². The summed E-state index contributed by atoms with van der Waals surface area (Å²) < 4.78 is 22.8. The topological polar surface area (TPSA) is 66.4 Å². The molecule has 4 aliphatic heterocycles. The number of benzene rings is 1. The molecule has 5 fully saturated rings. The Balaban J connectivity index is 1.22. The monoisotopic (exact) mass is 514 g/mol. The molecule has 2 aromatic heterocycles. The van der Waals surface area contributed by atoms with Crippen LogP contribution in [0.15, 0.2) is 30.5 Å². The van der Waals surface area contributed by atoms with Crippen molar-refractivity contribution < 1.29 is 9.13 Å². The van der Waals surface area contributed by atoms with E-state index < -0.39 is 0 Å². The molecular formula is C30H35FN6O. The van der Waals surface area contributed by atoms with Crippen molar-refractivity contribution in [3.63, 3.8) is 0 Å². The van der Waals surface area contributed by atoms with Gasteiger partial charge in [-0.1, -0.05) is 24.3 Å². The van der Waals surface area contributed by atoms with Crippen LogP contribution in [0.3, 0.4) is 0 Å². The van der Waals surface area contributed by atoms with Crippen LogP contribution in [0.25, 0.3) is 22.2 Å². The molecule has 1 aromatic carbocycles. The Bertz CT molecular complexity index is 1370. The lowest BCUT2D eigenvalue weighted by molar-refractivity contribution is 0.108. The zero-order valence-corrected chi connectivity index (χ0v) is 21.8. The fourth-order valence-corrected chi connectivity index (χ4v) is 7.61. The van der Waals surface area contributed by atoms with E-state index in [4.69, 9.17) is 19.7 Å². The normalized spacial score (nSPS) is 26.3. The average Bonchev–Trinajstić information content (AvgIpc) is 3.47. The molecule has 1 aliphatic carbocycles. The highest BCUT2D eigenvalue weighted by molar-refractivity contribution is 5.92. The lowest BCUT2D eigenvalue weighted by Crippen LogP contribution is -2.51. The van der Waals surface area contributed by atoms with E-state index in [1.165, 1.54) is 31.2 Å². The van der Waals surface area contributed by atoms with E-state index in [0.29, 0.717) is 41.2 Å². The standard InChI is InChI=1S/C30H35FN6O/c31-25-26(23-6-2-1-5-22(23)19-7-8-19)32-15-24-27(25)34-29(38-18-30-11-3-13-37(30)14-4-12-30)35-28(24)36-16-20-9-10-21(17-36)33-20/h1-2,5-6,15,19-21,33H,3-4,7-14,16-18H2. The van der Waals surface area contributed by atoms with Crippen molar-refractivity contribution in [2.24, 2.45) is 0 Å². The second-order valence-corrected chi connectivity index (χ2v) is 12.1. The Hall–Kier alpha value is -2.84. The zero-order valence-electron chi connectivity index (χ0n) is 21.8. The van der Waals surface area contributed by atoms with E-state index in [1.54, 1.807) is 6.20 Å². The van der Waals surface area contributed by atoms with E-state index in [2.05, 4.69) is 21.2 Å². The summed E-state index contributed by atoms with van der Waals surface area (Å²) in [6, 6.07) is 9.28. The molecule has 198 valence electrons.